The van der Waals surface area contributed by atoms with Crippen molar-refractivity contribution in [2.75, 3.05) is 0 Å². The third-order valence-electron chi connectivity index (χ3n) is 5.36. The first-order chi connectivity index (χ1) is 11.3. The van der Waals surface area contributed by atoms with Crippen LogP contribution in [0, 0.1) is 0 Å². The molecule has 3 fully saturated rings. The van der Waals surface area contributed by atoms with E-state index < -0.39 is 35.5 Å². The predicted octanol–water partition coefficient (Wildman–Crippen LogP) is 0.704. The molecule has 2 N–H and O–H groups in total. The van der Waals surface area contributed by atoms with Gasteiger partial charge < -0.3 is 15.3 Å². The van der Waals surface area contributed by atoms with Gasteiger partial charge in [0.25, 0.3) is 5.91 Å². The van der Waals surface area contributed by atoms with Crippen LogP contribution >= 0.6 is 0 Å². The van der Waals surface area contributed by atoms with Crippen LogP contribution in [0.5, 0.6) is 0 Å². The molecular formula is C16H23N3O5. The molecule has 24 heavy (non-hydrogen) atoms. The van der Waals surface area contributed by atoms with Crippen LogP contribution in [0.2, 0.25) is 0 Å². The molecule has 2 unspecified atom stereocenters. The minimum absolute atomic E-state index is 0.118. The molecule has 0 bridgehead atoms. The van der Waals surface area contributed by atoms with Crippen molar-refractivity contribution in [1.29, 1.82) is 0 Å². The van der Waals surface area contributed by atoms with Gasteiger partial charge in [-0.3, -0.25) is 9.59 Å². The number of carbonyl (C=O) groups excluding carboxylic acids is 3. The van der Waals surface area contributed by atoms with Crippen LogP contribution in [0.4, 0.5) is 4.79 Å². The van der Waals surface area contributed by atoms with Crippen molar-refractivity contribution < 1.29 is 24.3 Å². The van der Waals surface area contributed by atoms with Gasteiger partial charge in [-0.05, 0) is 39.5 Å². The fraction of sp³-hybridized carbons (Fsp3) is 0.750. The van der Waals surface area contributed by atoms with Gasteiger partial charge in [-0.15, -0.1) is 0 Å². The lowest BCUT2D eigenvalue weighted by Gasteiger charge is -2.32. The highest BCUT2D eigenvalue weighted by Gasteiger charge is 2.55. The topological polar surface area (TPSA) is 107 Å². The Morgan fingerprint density at radius 3 is 2.33 bits per heavy atom. The van der Waals surface area contributed by atoms with Crippen molar-refractivity contribution >= 4 is 23.8 Å². The molecule has 1 heterocycles. The van der Waals surface area contributed by atoms with E-state index >= 15 is 0 Å². The number of carboxylic acid groups (broad SMARTS) is 1. The molecule has 1 saturated heterocycles. The van der Waals surface area contributed by atoms with Crippen LogP contribution in [-0.4, -0.2) is 62.4 Å². The molecule has 2 saturated carbocycles. The van der Waals surface area contributed by atoms with Crippen molar-refractivity contribution in [2.45, 2.75) is 76.0 Å². The number of hydrogen-bond donors (Lipinski definition) is 2. The second-order valence-electron chi connectivity index (χ2n) is 7.06. The lowest BCUT2D eigenvalue weighted by molar-refractivity contribution is -0.153. The molecule has 3 rings (SSSR count). The molecule has 132 valence electrons. The summed E-state index contributed by atoms with van der Waals surface area (Å²) in [5, 5.41) is 12.0. The highest BCUT2D eigenvalue weighted by molar-refractivity contribution is 6.10. The summed E-state index contributed by atoms with van der Waals surface area (Å²) in [4.78, 5) is 51.5. The Bertz CT molecular complexity index is 595. The largest absolute Gasteiger partial charge is 0.480 e. The summed E-state index contributed by atoms with van der Waals surface area (Å²) < 4.78 is 0. The van der Waals surface area contributed by atoms with Crippen LogP contribution in [-0.2, 0) is 14.4 Å². The van der Waals surface area contributed by atoms with Gasteiger partial charge in [0, 0.05) is 6.04 Å². The average Bonchev–Trinajstić information content (AvgIpc) is 3.19. The molecule has 1 spiro atoms. The van der Waals surface area contributed by atoms with Crippen LogP contribution in [0.15, 0.2) is 0 Å². The number of amides is 4. The molecule has 4 amide bonds. The first-order valence-corrected chi connectivity index (χ1v) is 8.49. The number of carbonyl (C=O) groups is 4. The number of imide groups is 1. The molecule has 2 aliphatic carbocycles. The maximum atomic E-state index is 12.8. The van der Waals surface area contributed by atoms with Crippen LogP contribution in [0.3, 0.4) is 0 Å². The van der Waals surface area contributed by atoms with Gasteiger partial charge in [0.1, 0.15) is 17.6 Å². The Morgan fingerprint density at radius 1 is 1.25 bits per heavy atom. The first-order valence-electron chi connectivity index (χ1n) is 8.49. The van der Waals surface area contributed by atoms with Gasteiger partial charge in [-0.2, -0.15) is 0 Å². The van der Waals surface area contributed by atoms with Gasteiger partial charge in [-0.1, -0.05) is 12.8 Å². The monoisotopic (exact) mass is 337 g/mol. The third-order valence-corrected chi connectivity index (χ3v) is 5.36. The molecule has 3 aliphatic rings. The van der Waals surface area contributed by atoms with E-state index in [4.69, 9.17) is 0 Å². The third kappa shape index (κ3) is 2.53. The van der Waals surface area contributed by atoms with E-state index in [-0.39, 0.29) is 11.9 Å². The molecule has 0 radical (unpaired) electrons. The van der Waals surface area contributed by atoms with Gasteiger partial charge in [0.2, 0.25) is 5.91 Å². The summed E-state index contributed by atoms with van der Waals surface area (Å²) in [6.45, 7) is 2.95. The van der Waals surface area contributed by atoms with Gasteiger partial charge in [0.05, 0.1) is 0 Å². The lowest BCUT2D eigenvalue weighted by atomic mass is 9.97. The predicted molar refractivity (Wildman–Crippen MR) is 83.0 cm³/mol. The van der Waals surface area contributed by atoms with Crippen LogP contribution < -0.4 is 5.32 Å². The van der Waals surface area contributed by atoms with Gasteiger partial charge >= 0.3 is 12.0 Å². The summed E-state index contributed by atoms with van der Waals surface area (Å²) in [6.07, 6.45) is 4.42. The smallest absolute Gasteiger partial charge is 0.326 e. The van der Waals surface area contributed by atoms with E-state index in [2.05, 4.69) is 5.32 Å². The Kier molecular flexibility index (Phi) is 4.01. The summed E-state index contributed by atoms with van der Waals surface area (Å²) >= 11 is 0. The van der Waals surface area contributed by atoms with E-state index in [1.807, 2.05) is 0 Å². The Morgan fingerprint density at radius 2 is 1.83 bits per heavy atom. The summed E-state index contributed by atoms with van der Waals surface area (Å²) in [5.41, 5.74) is -0.867. The molecular weight excluding hydrogens is 314 g/mol. The SMILES string of the molecule is CC(C(=O)N(C1CC1)C(C)C(=O)O)N1C(=O)NC2(CCCC2)C1=O. The van der Waals surface area contributed by atoms with E-state index in [9.17, 15) is 24.3 Å². The summed E-state index contributed by atoms with van der Waals surface area (Å²) in [7, 11) is 0. The second-order valence-corrected chi connectivity index (χ2v) is 7.06. The van der Waals surface area contributed by atoms with E-state index in [1.54, 1.807) is 0 Å². The minimum Gasteiger partial charge on any atom is -0.480 e. The fourth-order valence-corrected chi connectivity index (χ4v) is 3.80. The minimum atomic E-state index is -1.09. The molecule has 0 aromatic carbocycles. The maximum absolute atomic E-state index is 12.8. The number of hydrogen-bond acceptors (Lipinski definition) is 4. The van der Waals surface area contributed by atoms with Crippen molar-refractivity contribution in [3.8, 4) is 0 Å². The highest BCUT2D eigenvalue weighted by Crippen LogP contribution is 2.36. The standard InChI is InChI=1S/C16H23N3O5/c1-9(12(20)18(11-5-6-11)10(2)13(21)22)19-14(23)16(17-15(19)24)7-3-4-8-16/h9-11H,3-8H2,1-2H3,(H,17,24)(H,21,22). The van der Waals surface area contributed by atoms with Crippen molar-refractivity contribution in [2.24, 2.45) is 0 Å². The average molecular weight is 337 g/mol. The first kappa shape index (κ1) is 16.7. The molecule has 8 heteroatoms. The van der Waals surface area contributed by atoms with E-state index in [0.717, 1.165) is 30.6 Å². The fourth-order valence-electron chi connectivity index (χ4n) is 3.80. The molecule has 8 nitrogen and oxygen atoms in total. The zero-order valence-electron chi connectivity index (χ0n) is 13.9. The second kappa shape index (κ2) is 5.75. The number of nitrogens with zero attached hydrogens (tertiary/aromatic N) is 2. The highest BCUT2D eigenvalue weighted by atomic mass is 16.4. The van der Waals surface area contributed by atoms with Crippen LogP contribution in [0.25, 0.3) is 0 Å². The molecule has 1 aliphatic heterocycles. The number of carboxylic acids is 1. The quantitative estimate of drug-likeness (QED) is 0.718. The lowest BCUT2D eigenvalue weighted by Crippen LogP contribution is -2.55. The Hall–Kier alpha value is -2.12. The maximum Gasteiger partial charge on any atom is 0.326 e. The van der Waals surface area contributed by atoms with Gasteiger partial charge in [0.15, 0.2) is 0 Å². The molecule has 2 atom stereocenters. The summed E-state index contributed by atoms with van der Waals surface area (Å²) in [6, 6.07) is -2.65. The Labute approximate surface area is 140 Å². The van der Waals surface area contributed by atoms with Crippen molar-refractivity contribution in [3.05, 3.63) is 0 Å². The van der Waals surface area contributed by atoms with E-state index in [0.29, 0.717) is 12.8 Å². The Balaban J connectivity index is 1.81. The number of nitrogens with one attached hydrogen (secondary N) is 1. The van der Waals surface area contributed by atoms with Gasteiger partial charge in [-0.25, -0.2) is 14.5 Å². The van der Waals surface area contributed by atoms with Crippen LogP contribution in [0.1, 0.15) is 52.4 Å². The number of rotatable bonds is 5. The molecule has 0 aromatic rings. The number of urea groups is 1. The van der Waals surface area contributed by atoms with Crippen molar-refractivity contribution in [1.82, 2.24) is 15.1 Å². The molecule has 0 aromatic heterocycles. The number of aliphatic carboxylic acids is 1. The zero-order chi connectivity index (χ0) is 17.6. The van der Waals surface area contributed by atoms with Crippen molar-refractivity contribution in [3.63, 3.8) is 0 Å². The zero-order valence-corrected chi connectivity index (χ0v) is 13.9. The normalized spacial score (nSPS) is 24.8. The van der Waals surface area contributed by atoms with E-state index in [1.165, 1.54) is 18.7 Å². The summed E-state index contributed by atoms with van der Waals surface area (Å²) in [5.74, 6) is -1.93.